The van der Waals surface area contributed by atoms with E-state index in [1.807, 2.05) is 32.2 Å². The van der Waals surface area contributed by atoms with Crippen molar-refractivity contribution in [3.63, 3.8) is 0 Å². The zero-order valence-corrected chi connectivity index (χ0v) is 14.9. The van der Waals surface area contributed by atoms with Crippen LogP contribution in [-0.2, 0) is 19.9 Å². The van der Waals surface area contributed by atoms with Gasteiger partial charge in [0.1, 0.15) is 0 Å². The summed E-state index contributed by atoms with van der Waals surface area (Å²) in [5.74, 6) is 0.0979. The molecule has 5 heteroatoms. The Morgan fingerprint density at radius 2 is 2.00 bits per heavy atom. The van der Waals surface area contributed by atoms with Crippen molar-refractivity contribution in [2.45, 2.75) is 26.7 Å². The van der Waals surface area contributed by atoms with E-state index in [-0.39, 0.29) is 5.78 Å². The lowest BCUT2D eigenvalue weighted by molar-refractivity contribution is 0.0990. The highest BCUT2D eigenvalue weighted by Crippen LogP contribution is 2.24. The molecule has 0 spiro atoms. The summed E-state index contributed by atoms with van der Waals surface area (Å²) in [6.07, 6.45) is 1.19. The monoisotopic (exact) mass is 398 g/mol. The summed E-state index contributed by atoms with van der Waals surface area (Å²) in [6.45, 7) is 4.03. The van der Waals surface area contributed by atoms with E-state index in [1.54, 1.807) is 4.68 Å². The minimum absolute atomic E-state index is 0.0979. The van der Waals surface area contributed by atoms with Crippen molar-refractivity contribution in [3.05, 3.63) is 49.7 Å². The van der Waals surface area contributed by atoms with Gasteiger partial charge in [0.25, 0.3) is 0 Å². The molecule has 0 N–H and O–H groups in total. The maximum atomic E-state index is 12.4. The van der Waals surface area contributed by atoms with Gasteiger partial charge in [-0.1, -0.05) is 22.9 Å². The van der Waals surface area contributed by atoms with E-state index in [0.717, 1.165) is 37.9 Å². The Balaban J connectivity index is 2.30. The van der Waals surface area contributed by atoms with Crippen LogP contribution in [-0.4, -0.2) is 15.6 Å². The van der Waals surface area contributed by atoms with Gasteiger partial charge in [-0.2, -0.15) is 5.10 Å². The summed E-state index contributed by atoms with van der Waals surface area (Å²) >= 11 is 6.98. The Morgan fingerprint density at radius 3 is 2.55 bits per heavy atom. The first-order chi connectivity index (χ1) is 9.42. The standard InChI is InChI=1S/C15H16Br2N2O/c1-4-12-15(17)13(19(3)18-12)8-14(20)10-5-9(2)6-11(16)7-10/h5-7H,4,8H2,1-3H3. The third-order valence-corrected chi connectivity index (χ3v) is 4.57. The van der Waals surface area contributed by atoms with Crippen molar-refractivity contribution in [2.24, 2.45) is 7.05 Å². The Hall–Kier alpha value is -0.940. The summed E-state index contributed by atoms with van der Waals surface area (Å²) in [6, 6.07) is 5.77. The lowest BCUT2D eigenvalue weighted by atomic mass is 10.0. The van der Waals surface area contributed by atoms with Crippen molar-refractivity contribution >= 4 is 37.6 Å². The van der Waals surface area contributed by atoms with Crippen LogP contribution in [0.5, 0.6) is 0 Å². The predicted molar refractivity (Wildman–Crippen MR) is 87.2 cm³/mol. The number of carbonyl (C=O) groups is 1. The first-order valence-electron chi connectivity index (χ1n) is 6.43. The molecule has 1 heterocycles. The van der Waals surface area contributed by atoms with Gasteiger partial charge in [-0.3, -0.25) is 9.48 Å². The first-order valence-corrected chi connectivity index (χ1v) is 8.01. The number of nitrogens with zero attached hydrogens (tertiary/aromatic N) is 2. The molecule has 0 radical (unpaired) electrons. The second-order valence-corrected chi connectivity index (χ2v) is 6.51. The van der Waals surface area contributed by atoms with Crippen LogP contribution in [0.4, 0.5) is 0 Å². The number of aromatic nitrogens is 2. The van der Waals surface area contributed by atoms with Crippen molar-refractivity contribution in [1.29, 1.82) is 0 Å². The zero-order chi connectivity index (χ0) is 14.9. The molecule has 2 aromatic rings. The molecule has 3 nitrogen and oxygen atoms in total. The molecule has 0 atom stereocenters. The molecule has 1 aromatic heterocycles. The summed E-state index contributed by atoms with van der Waals surface area (Å²) in [5, 5.41) is 4.42. The SMILES string of the molecule is CCc1nn(C)c(CC(=O)c2cc(C)cc(Br)c2)c1Br. The van der Waals surface area contributed by atoms with Crippen LogP contribution in [0, 0.1) is 6.92 Å². The van der Waals surface area contributed by atoms with Crippen molar-refractivity contribution in [2.75, 3.05) is 0 Å². The third kappa shape index (κ3) is 3.20. The fourth-order valence-electron chi connectivity index (χ4n) is 2.16. The van der Waals surface area contributed by atoms with Gasteiger partial charge in [0.05, 0.1) is 22.3 Å². The molecule has 106 valence electrons. The molecule has 0 bridgehead atoms. The fourth-order valence-corrected chi connectivity index (χ4v) is 3.53. The minimum Gasteiger partial charge on any atom is -0.294 e. The molecule has 0 aliphatic carbocycles. The number of hydrogen-bond donors (Lipinski definition) is 0. The highest BCUT2D eigenvalue weighted by Gasteiger charge is 2.17. The average Bonchev–Trinajstić information content (AvgIpc) is 2.65. The highest BCUT2D eigenvalue weighted by molar-refractivity contribution is 9.10. The molecule has 0 saturated carbocycles. The zero-order valence-electron chi connectivity index (χ0n) is 11.7. The smallest absolute Gasteiger partial charge is 0.168 e. The van der Waals surface area contributed by atoms with Gasteiger partial charge < -0.3 is 0 Å². The molecule has 0 unspecified atom stereocenters. The number of ketones is 1. The second kappa shape index (κ2) is 6.22. The van der Waals surface area contributed by atoms with E-state index in [2.05, 4.69) is 43.9 Å². The van der Waals surface area contributed by atoms with Gasteiger partial charge in [0.15, 0.2) is 5.78 Å². The van der Waals surface area contributed by atoms with Crippen LogP contribution in [0.15, 0.2) is 27.1 Å². The topological polar surface area (TPSA) is 34.9 Å². The van der Waals surface area contributed by atoms with Crippen LogP contribution < -0.4 is 0 Å². The summed E-state index contributed by atoms with van der Waals surface area (Å²) in [7, 11) is 1.87. The number of rotatable bonds is 4. The number of Topliss-reactive ketones (excluding diaryl/α,β-unsaturated/α-hetero) is 1. The molecule has 0 aliphatic heterocycles. The van der Waals surface area contributed by atoms with Crippen LogP contribution in [0.2, 0.25) is 0 Å². The van der Waals surface area contributed by atoms with Gasteiger partial charge in [-0.05, 0) is 53.0 Å². The number of carbonyl (C=O) groups excluding carboxylic acids is 1. The largest absolute Gasteiger partial charge is 0.294 e. The van der Waals surface area contributed by atoms with E-state index in [4.69, 9.17) is 0 Å². The maximum Gasteiger partial charge on any atom is 0.168 e. The molecule has 1 aromatic carbocycles. The van der Waals surface area contributed by atoms with Crippen LogP contribution in [0.1, 0.15) is 34.2 Å². The molecular weight excluding hydrogens is 384 g/mol. The number of halogens is 2. The quantitative estimate of drug-likeness (QED) is 0.720. The van der Waals surface area contributed by atoms with Gasteiger partial charge >= 0.3 is 0 Å². The highest BCUT2D eigenvalue weighted by atomic mass is 79.9. The number of aryl methyl sites for hydroxylation is 3. The van der Waals surface area contributed by atoms with Crippen molar-refractivity contribution in [1.82, 2.24) is 9.78 Å². The summed E-state index contributed by atoms with van der Waals surface area (Å²) < 4.78 is 3.66. The molecular formula is C15H16Br2N2O. The molecule has 0 fully saturated rings. The van der Waals surface area contributed by atoms with Gasteiger partial charge in [0, 0.05) is 17.1 Å². The molecule has 20 heavy (non-hydrogen) atoms. The Morgan fingerprint density at radius 1 is 1.30 bits per heavy atom. The molecule has 0 amide bonds. The lowest BCUT2D eigenvalue weighted by Crippen LogP contribution is -2.08. The van der Waals surface area contributed by atoms with Crippen LogP contribution in [0.25, 0.3) is 0 Å². The average molecular weight is 400 g/mol. The van der Waals surface area contributed by atoms with Crippen molar-refractivity contribution in [3.8, 4) is 0 Å². The van der Waals surface area contributed by atoms with Gasteiger partial charge in [0.2, 0.25) is 0 Å². The first kappa shape index (κ1) is 15.4. The van der Waals surface area contributed by atoms with Gasteiger partial charge in [-0.15, -0.1) is 0 Å². The van der Waals surface area contributed by atoms with Gasteiger partial charge in [-0.25, -0.2) is 0 Å². The second-order valence-electron chi connectivity index (χ2n) is 4.80. The molecule has 0 aliphatic rings. The summed E-state index contributed by atoms with van der Waals surface area (Å²) in [4.78, 5) is 12.4. The number of benzene rings is 1. The normalized spacial score (nSPS) is 10.8. The van der Waals surface area contributed by atoms with Crippen LogP contribution in [0.3, 0.4) is 0 Å². The maximum absolute atomic E-state index is 12.4. The molecule has 2 rings (SSSR count). The third-order valence-electron chi connectivity index (χ3n) is 3.20. The lowest BCUT2D eigenvalue weighted by Gasteiger charge is -2.05. The Kier molecular flexibility index (Phi) is 4.81. The summed E-state index contributed by atoms with van der Waals surface area (Å²) in [5.41, 5.74) is 3.70. The van der Waals surface area contributed by atoms with Crippen molar-refractivity contribution < 1.29 is 4.79 Å². The Labute approximate surface area is 135 Å². The van der Waals surface area contributed by atoms with Crippen LogP contribution >= 0.6 is 31.9 Å². The van der Waals surface area contributed by atoms with E-state index in [1.165, 1.54) is 0 Å². The Bertz CT molecular complexity index is 642. The van der Waals surface area contributed by atoms with E-state index < -0.39 is 0 Å². The predicted octanol–water partition coefficient (Wildman–Crippen LogP) is 4.24. The number of hydrogen-bond acceptors (Lipinski definition) is 2. The van der Waals surface area contributed by atoms with E-state index in [0.29, 0.717) is 6.42 Å². The fraction of sp³-hybridized carbons (Fsp3) is 0.333. The van der Waals surface area contributed by atoms with E-state index >= 15 is 0 Å². The molecule has 0 saturated heterocycles. The minimum atomic E-state index is 0.0979. The van der Waals surface area contributed by atoms with E-state index in [9.17, 15) is 4.79 Å².